The van der Waals surface area contributed by atoms with Gasteiger partial charge in [0.2, 0.25) is 5.91 Å². The van der Waals surface area contributed by atoms with Crippen molar-refractivity contribution in [2.45, 2.75) is 17.9 Å². The van der Waals surface area contributed by atoms with E-state index in [9.17, 15) is 9.59 Å². The van der Waals surface area contributed by atoms with Crippen LogP contribution in [-0.2, 0) is 9.59 Å². The Hall–Kier alpha value is -1.64. The number of hydrogen-bond donors (Lipinski definition) is 2. The van der Waals surface area contributed by atoms with Crippen LogP contribution in [0.2, 0.25) is 0 Å². The molecule has 154 valence electrons. The smallest absolute Gasteiger partial charge is 0.258 e. The van der Waals surface area contributed by atoms with E-state index in [0.29, 0.717) is 16.0 Å². The topological polar surface area (TPSA) is 67.4 Å². The maximum atomic E-state index is 12.0. The van der Waals surface area contributed by atoms with Crippen molar-refractivity contribution < 1.29 is 14.3 Å². The van der Waals surface area contributed by atoms with Crippen LogP contribution in [-0.4, -0.2) is 36.5 Å². The third-order valence-corrected chi connectivity index (χ3v) is 8.14. The summed E-state index contributed by atoms with van der Waals surface area (Å²) in [5.41, 5.74) is 2.99. The summed E-state index contributed by atoms with van der Waals surface area (Å²) in [6.45, 7) is 1.71. The first kappa shape index (κ1) is 22.1. The summed E-state index contributed by atoms with van der Waals surface area (Å²) in [6, 6.07) is 13.4. The Bertz CT molecular complexity index is 856. The molecule has 2 aromatic carbocycles. The van der Waals surface area contributed by atoms with E-state index in [1.807, 2.05) is 54.7 Å². The van der Waals surface area contributed by atoms with Gasteiger partial charge in [0.1, 0.15) is 5.75 Å². The highest BCUT2D eigenvalue weighted by molar-refractivity contribution is 9.10. The molecule has 1 aliphatic heterocycles. The molecule has 0 bridgehead atoms. The van der Waals surface area contributed by atoms with Crippen LogP contribution >= 0.6 is 39.5 Å². The zero-order valence-electron chi connectivity index (χ0n) is 16.1. The number of amides is 2. The van der Waals surface area contributed by atoms with Gasteiger partial charge >= 0.3 is 0 Å². The first-order valence-corrected chi connectivity index (χ1v) is 12.2. The lowest BCUT2D eigenvalue weighted by molar-refractivity contribution is -0.125. The van der Waals surface area contributed by atoms with E-state index in [4.69, 9.17) is 4.74 Å². The zero-order valence-corrected chi connectivity index (χ0v) is 19.3. The molecule has 2 aromatic rings. The molecule has 0 unspecified atom stereocenters. The summed E-state index contributed by atoms with van der Waals surface area (Å²) in [4.78, 5) is 24.0. The lowest BCUT2D eigenvalue weighted by atomic mass is 10.2. The van der Waals surface area contributed by atoms with Crippen molar-refractivity contribution in [3.8, 4) is 5.75 Å². The monoisotopic (exact) mass is 494 g/mol. The molecule has 1 saturated heterocycles. The van der Waals surface area contributed by atoms with Gasteiger partial charge in [-0.2, -0.15) is 0 Å². The van der Waals surface area contributed by atoms with E-state index >= 15 is 0 Å². The molecule has 0 atom stereocenters. The van der Waals surface area contributed by atoms with Crippen molar-refractivity contribution in [1.29, 1.82) is 0 Å². The average Bonchev–Trinajstić information content (AvgIpc) is 2.74. The number of thioether (sulfide) groups is 2. The minimum atomic E-state index is -0.338. The van der Waals surface area contributed by atoms with E-state index in [1.165, 1.54) is 23.5 Å². The minimum Gasteiger partial charge on any atom is -0.484 e. The standard InChI is InChI=1S/C21H23BrN2O3S2/c1-14-11-16(5-8-18(14)22)24-19(25)12-23-20(26)13-27-17-6-3-15(4-7-17)21-28-9-2-10-29-21/h3-8,11,21H,2,9-10,12-13H2,1H3,(H,23,26)(H,24,25). The molecule has 0 aromatic heterocycles. The number of rotatable bonds is 7. The SMILES string of the molecule is Cc1cc(NC(=O)CNC(=O)COc2ccc(C3SCCCS3)cc2)ccc1Br. The van der Waals surface area contributed by atoms with Crippen molar-refractivity contribution in [3.63, 3.8) is 0 Å². The molecular weight excluding hydrogens is 472 g/mol. The van der Waals surface area contributed by atoms with E-state index in [-0.39, 0.29) is 25.0 Å². The Morgan fingerprint density at radius 3 is 2.52 bits per heavy atom. The second-order valence-corrected chi connectivity index (χ2v) is 10.2. The number of nitrogens with one attached hydrogen (secondary N) is 2. The Labute approximate surface area is 187 Å². The fourth-order valence-corrected chi connectivity index (χ4v) is 5.85. The quantitative estimate of drug-likeness (QED) is 0.580. The van der Waals surface area contributed by atoms with Crippen LogP contribution in [0.4, 0.5) is 5.69 Å². The van der Waals surface area contributed by atoms with E-state index < -0.39 is 0 Å². The van der Waals surface area contributed by atoms with Crippen molar-refractivity contribution in [1.82, 2.24) is 5.32 Å². The largest absolute Gasteiger partial charge is 0.484 e. The first-order valence-electron chi connectivity index (χ1n) is 9.30. The molecule has 3 rings (SSSR count). The highest BCUT2D eigenvalue weighted by Gasteiger charge is 2.16. The highest BCUT2D eigenvalue weighted by atomic mass is 79.9. The fraction of sp³-hybridized carbons (Fsp3) is 0.333. The van der Waals surface area contributed by atoms with Crippen molar-refractivity contribution in [3.05, 3.63) is 58.1 Å². The van der Waals surface area contributed by atoms with E-state index in [2.05, 4.69) is 38.7 Å². The maximum absolute atomic E-state index is 12.0. The van der Waals surface area contributed by atoms with Crippen LogP contribution in [0, 0.1) is 6.92 Å². The van der Waals surface area contributed by atoms with Crippen LogP contribution in [0.25, 0.3) is 0 Å². The van der Waals surface area contributed by atoms with Crippen LogP contribution in [0.3, 0.4) is 0 Å². The third-order valence-electron chi connectivity index (χ3n) is 4.24. The lowest BCUT2D eigenvalue weighted by Gasteiger charge is -2.21. The lowest BCUT2D eigenvalue weighted by Crippen LogP contribution is -2.35. The van der Waals surface area contributed by atoms with Gasteiger partial charge in [0.15, 0.2) is 6.61 Å². The summed E-state index contributed by atoms with van der Waals surface area (Å²) in [5.74, 6) is 2.42. The molecule has 5 nitrogen and oxygen atoms in total. The second-order valence-electron chi connectivity index (χ2n) is 6.57. The molecule has 0 aliphatic carbocycles. The number of hydrogen-bond acceptors (Lipinski definition) is 5. The molecule has 2 N–H and O–H groups in total. The van der Waals surface area contributed by atoms with Gasteiger partial charge in [-0.25, -0.2) is 0 Å². The average molecular weight is 495 g/mol. The summed E-state index contributed by atoms with van der Waals surface area (Å²) in [6.07, 6.45) is 1.27. The van der Waals surface area contributed by atoms with Crippen LogP contribution in [0.15, 0.2) is 46.9 Å². The van der Waals surface area contributed by atoms with Gasteiger partial charge in [-0.3, -0.25) is 9.59 Å². The second kappa shape index (κ2) is 10.9. The summed E-state index contributed by atoms with van der Waals surface area (Å²) >= 11 is 7.36. The molecular formula is C21H23BrN2O3S2. The Balaban J connectivity index is 1.39. The number of carbonyl (C=O) groups is 2. The molecule has 1 heterocycles. The maximum Gasteiger partial charge on any atom is 0.258 e. The van der Waals surface area contributed by atoms with Gasteiger partial charge in [-0.15, -0.1) is 23.5 Å². The predicted molar refractivity (Wildman–Crippen MR) is 125 cm³/mol. The van der Waals surface area contributed by atoms with Crippen LogP contribution in [0.5, 0.6) is 5.75 Å². The number of halogens is 1. The van der Waals surface area contributed by atoms with E-state index in [0.717, 1.165) is 10.0 Å². The molecule has 1 fully saturated rings. The van der Waals surface area contributed by atoms with Crippen LogP contribution in [0.1, 0.15) is 22.1 Å². The Morgan fingerprint density at radius 2 is 1.83 bits per heavy atom. The van der Waals surface area contributed by atoms with Crippen molar-refractivity contribution in [2.24, 2.45) is 0 Å². The summed E-state index contributed by atoms with van der Waals surface area (Å²) in [7, 11) is 0. The van der Waals surface area contributed by atoms with Gasteiger partial charge in [0, 0.05) is 10.2 Å². The van der Waals surface area contributed by atoms with Crippen molar-refractivity contribution >= 4 is 57.0 Å². The number of aryl methyl sites for hydroxylation is 1. The fourth-order valence-electron chi connectivity index (χ4n) is 2.71. The predicted octanol–water partition coefficient (Wildman–Crippen LogP) is 4.76. The third kappa shape index (κ3) is 6.97. The minimum absolute atomic E-state index is 0.105. The molecule has 0 radical (unpaired) electrons. The number of anilines is 1. The van der Waals surface area contributed by atoms with E-state index in [1.54, 1.807) is 6.07 Å². The van der Waals surface area contributed by atoms with Gasteiger partial charge in [-0.05, 0) is 66.3 Å². The zero-order chi connectivity index (χ0) is 20.6. The molecule has 0 saturated carbocycles. The number of carbonyl (C=O) groups excluding carboxylic acids is 2. The highest BCUT2D eigenvalue weighted by Crippen LogP contribution is 2.43. The number of ether oxygens (including phenoxy) is 1. The van der Waals surface area contributed by atoms with Gasteiger partial charge in [0.25, 0.3) is 5.91 Å². The van der Waals surface area contributed by atoms with Gasteiger partial charge < -0.3 is 15.4 Å². The molecule has 8 heteroatoms. The molecule has 2 amide bonds. The summed E-state index contributed by atoms with van der Waals surface area (Å²) < 4.78 is 6.98. The Morgan fingerprint density at radius 1 is 1.10 bits per heavy atom. The van der Waals surface area contributed by atoms with Gasteiger partial charge in [0.05, 0.1) is 11.1 Å². The normalized spacial score (nSPS) is 14.3. The molecule has 29 heavy (non-hydrogen) atoms. The number of benzene rings is 2. The first-order chi connectivity index (χ1) is 14.0. The molecule has 1 aliphatic rings. The van der Waals surface area contributed by atoms with Crippen molar-refractivity contribution in [2.75, 3.05) is 30.0 Å². The molecule has 0 spiro atoms. The van der Waals surface area contributed by atoms with Crippen LogP contribution < -0.4 is 15.4 Å². The van der Waals surface area contributed by atoms with Gasteiger partial charge in [-0.1, -0.05) is 28.1 Å². The summed E-state index contributed by atoms with van der Waals surface area (Å²) in [5, 5.41) is 5.33. The Kier molecular flexibility index (Phi) is 8.32.